The summed E-state index contributed by atoms with van der Waals surface area (Å²) in [6.07, 6.45) is -1.65. The molecule has 3 aromatic carbocycles. The van der Waals surface area contributed by atoms with E-state index in [0.29, 0.717) is 35.1 Å². The van der Waals surface area contributed by atoms with Crippen molar-refractivity contribution in [3.05, 3.63) is 108 Å². The average Bonchev–Trinajstić information content (AvgIpc) is 3.86. The van der Waals surface area contributed by atoms with Crippen molar-refractivity contribution >= 4 is 57.8 Å². The number of rotatable bonds is 18. The van der Waals surface area contributed by atoms with Gasteiger partial charge in [0.1, 0.15) is 18.3 Å². The molecule has 298 valence electrons. The normalized spacial score (nSPS) is 23.9. The Morgan fingerprint density at radius 1 is 0.821 bits per heavy atom. The van der Waals surface area contributed by atoms with Gasteiger partial charge in [0.15, 0.2) is 34.7 Å². The summed E-state index contributed by atoms with van der Waals surface area (Å²) >= 11 is 1.48. The van der Waals surface area contributed by atoms with E-state index in [1.165, 1.54) is 42.4 Å². The second-order valence-corrected chi connectivity index (χ2v) is 18.4. The molecule has 2 aliphatic heterocycles. The highest BCUT2D eigenvalue weighted by atomic mass is 32.2. The minimum absolute atomic E-state index is 0.0707. The Balaban J connectivity index is 1.11. The summed E-state index contributed by atoms with van der Waals surface area (Å²) in [5.74, 6) is 1.28. The summed E-state index contributed by atoms with van der Waals surface area (Å²) in [6.45, 7) is 1.84. The van der Waals surface area contributed by atoms with E-state index < -0.39 is 60.8 Å². The molecule has 2 aliphatic rings. The molecule has 18 nitrogen and oxygen atoms in total. The van der Waals surface area contributed by atoms with Gasteiger partial charge in [-0.2, -0.15) is 8.62 Å². The Hall–Kier alpha value is -3.51. The van der Waals surface area contributed by atoms with Crippen LogP contribution in [0.5, 0.6) is 0 Å². The minimum Gasteiger partial charge on any atom is -0.364 e. The van der Waals surface area contributed by atoms with E-state index in [0.717, 1.165) is 23.3 Å². The van der Waals surface area contributed by atoms with E-state index in [1.807, 2.05) is 65.8 Å². The van der Waals surface area contributed by atoms with E-state index in [1.54, 1.807) is 10.6 Å². The molecule has 5 N–H and O–H groups in total. The molecule has 0 spiro atoms. The van der Waals surface area contributed by atoms with Gasteiger partial charge < -0.3 is 34.2 Å². The Morgan fingerprint density at radius 3 is 2.18 bits per heavy atom. The van der Waals surface area contributed by atoms with Gasteiger partial charge in [0.2, 0.25) is 0 Å². The van der Waals surface area contributed by atoms with Crippen molar-refractivity contribution in [3.8, 4) is 0 Å². The molecular formula is C34H39N6O12P3S. The number of fused-ring (bicyclic) bond motifs is 2. The van der Waals surface area contributed by atoms with E-state index >= 15 is 0 Å². The van der Waals surface area contributed by atoms with Gasteiger partial charge in [0.05, 0.1) is 12.9 Å². The van der Waals surface area contributed by atoms with Crippen molar-refractivity contribution < 1.29 is 55.7 Å². The third-order valence-electron chi connectivity index (χ3n) is 8.43. The van der Waals surface area contributed by atoms with Crippen molar-refractivity contribution in [3.63, 3.8) is 0 Å². The minimum atomic E-state index is -5.67. The molecule has 0 saturated carbocycles. The molecule has 2 saturated heterocycles. The van der Waals surface area contributed by atoms with Gasteiger partial charge >= 0.3 is 23.4 Å². The molecule has 4 heterocycles. The van der Waals surface area contributed by atoms with E-state index in [2.05, 4.69) is 25.8 Å². The molecule has 5 aromatic rings. The number of phosphoric ester groups is 1. The number of anilines is 2. The lowest BCUT2D eigenvalue weighted by molar-refractivity contribution is -0.149. The van der Waals surface area contributed by atoms with Gasteiger partial charge in [0.25, 0.3) is 0 Å². The van der Waals surface area contributed by atoms with Crippen LogP contribution in [0, 0.1) is 0 Å². The zero-order valence-corrected chi connectivity index (χ0v) is 33.2. The van der Waals surface area contributed by atoms with Crippen LogP contribution >= 0.6 is 35.2 Å². The van der Waals surface area contributed by atoms with Gasteiger partial charge in [-0.25, -0.2) is 28.6 Å². The number of benzene rings is 3. The van der Waals surface area contributed by atoms with Crippen molar-refractivity contribution in [1.82, 2.24) is 19.5 Å². The fraction of sp³-hybridized carbons (Fsp3) is 0.324. The first-order valence-corrected chi connectivity index (χ1v) is 23.0. The van der Waals surface area contributed by atoms with Crippen LogP contribution in [0.15, 0.2) is 102 Å². The van der Waals surface area contributed by atoms with Crippen LogP contribution < -0.4 is 10.4 Å². The molecule has 22 heteroatoms. The van der Waals surface area contributed by atoms with Crippen LogP contribution in [0.2, 0.25) is 0 Å². The highest BCUT2D eigenvalue weighted by Gasteiger charge is 2.54. The van der Waals surface area contributed by atoms with Crippen molar-refractivity contribution in [2.75, 3.05) is 22.8 Å². The quantitative estimate of drug-likeness (QED) is 0.0352. The SMILES string of the molecule is CCCSc1nc(NCc2ccccc2)c2ncn([C@@H]3O[C@H](COP(=O)(O)OP(=O)(O)OP(=O)(O)Nc4ccccc4)C4OC(Cc5ccccc5)O[C@@H]43)c2n1. The van der Waals surface area contributed by atoms with E-state index in [4.69, 9.17) is 28.7 Å². The Labute approximate surface area is 325 Å². The molecule has 2 fully saturated rings. The average molecular weight is 849 g/mol. The van der Waals surface area contributed by atoms with Crippen LogP contribution in [0.4, 0.5) is 11.5 Å². The first kappa shape index (κ1) is 40.7. The Kier molecular flexibility index (Phi) is 12.7. The zero-order valence-electron chi connectivity index (χ0n) is 29.7. The molecule has 0 aliphatic carbocycles. The Morgan fingerprint density at radius 2 is 1.48 bits per heavy atom. The first-order chi connectivity index (χ1) is 26.9. The fourth-order valence-electron chi connectivity index (χ4n) is 6.08. The van der Waals surface area contributed by atoms with Crippen LogP contribution in [0.25, 0.3) is 11.2 Å². The molecule has 0 amide bonds. The van der Waals surface area contributed by atoms with Gasteiger partial charge in [-0.05, 0) is 29.7 Å². The maximum absolute atomic E-state index is 13.0. The predicted octanol–water partition coefficient (Wildman–Crippen LogP) is 6.65. The highest BCUT2D eigenvalue weighted by Crippen LogP contribution is 2.67. The van der Waals surface area contributed by atoms with Crippen LogP contribution in [0.3, 0.4) is 0 Å². The lowest BCUT2D eigenvalue weighted by Gasteiger charge is -2.23. The summed E-state index contributed by atoms with van der Waals surface area (Å²) in [6, 6.07) is 26.8. The number of thioether (sulfide) groups is 1. The van der Waals surface area contributed by atoms with Crippen molar-refractivity contribution in [2.45, 2.75) is 62.3 Å². The number of nitrogens with zero attached hydrogens (tertiary/aromatic N) is 4. The second-order valence-electron chi connectivity index (χ2n) is 12.6. The number of aromatic nitrogens is 4. The Bertz CT molecular complexity index is 2250. The summed E-state index contributed by atoms with van der Waals surface area (Å²) < 4.78 is 72.7. The highest BCUT2D eigenvalue weighted by molar-refractivity contribution is 7.99. The van der Waals surface area contributed by atoms with E-state index in [-0.39, 0.29) is 5.69 Å². The largest absolute Gasteiger partial charge is 0.489 e. The maximum atomic E-state index is 13.0. The van der Waals surface area contributed by atoms with Gasteiger partial charge in [0, 0.05) is 24.4 Å². The number of hydrogen-bond donors (Lipinski definition) is 5. The lowest BCUT2D eigenvalue weighted by atomic mass is 10.1. The van der Waals surface area contributed by atoms with Gasteiger partial charge in [-0.15, -0.1) is 0 Å². The maximum Gasteiger partial charge on any atom is 0.489 e. The fourth-order valence-corrected chi connectivity index (χ4v) is 10.5. The summed E-state index contributed by atoms with van der Waals surface area (Å²) in [5, 5.41) is 5.92. The predicted molar refractivity (Wildman–Crippen MR) is 205 cm³/mol. The molecular weight excluding hydrogens is 809 g/mol. The summed E-state index contributed by atoms with van der Waals surface area (Å²) in [4.78, 5) is 45.0. The van der Waals surface area contributed by atoms with Crippen molar-refractivity contribution in [1.29, 1.82) is 0 Å². The lowest BCUT2D eigenvalue weighted by Crippen LogP contribution is -2.31. The van der Waals surface area contributed by atoms with Crippen molar-refractivity contribution in [2.24, 2.45) is 0 Å². The first-order valence-electron chi connectivity index (χ1n) is 17.4. The number of nitrogens with one attached hydrogen (secondary N) is 2. The van der Waals surface area contributed by atoms with Crippen LogP contribution in [0.1, 0.15) is 30.7 Å². The van der Waals surface area contributed by atoms with Gasteiger partial charge in [-0.3, -0.25) is 14.2 Å². The van der Waals surface area contributed by atoms with Gasteiger partial charge in [-0.1, -0.05) is 97.5 Å². The second kappa shape index (κ2) is 17.5. The molecule has 0 bridgehead atoms. The molecule has 2 aromatic heterocycles. The third-order valence-corrected chi connectivity index (χ3v) is 13.9. The molecule has 5 unspecified atom stereocenters. The van der Waals surface area contributed by atoms with E-state index in [9.17, 15) is 28.4 Å². The zero-order chi connectivity index (χ0) is 39.3. The number of phosphoric acid groups is 2. The number of para-hydroxylation sites is 1. The summed E-state index contributed by atoms with van der Waals surface area (Å²) in [7, 11) is -16.2. The number of imidazole rings is 1. The van der Waals surface area contributed by atoms with Crippen LogP contribution in [-0.4, -0.2) is 71.2 Å². The molecule has 0 radical (unpaired) electrons. The molecule has 7 rings (SSSR count). The standard InChI is InChI=1S/C34H39N6O12P3S/c1-2-18-56-34-37-31(35-20-24-14-8-4-9-15-24)28-32(38-34)40(22-36-28)33-30-29(49-27(50-30)19-23-12-6-3-7-13-23)26(48-33)21-47-54(43,44)52-55(45,46)51-53(41,42)39-25-16-10-5-11-17-25/h3-17,22,26-27,29-30,33H,2,18-21H2,1H3,(H,43,44)(H,45,46)(H,35,37,38)(H2,39,41,42)/t26-,27?,29?,30+,33-/m1/s1. The molecule has 56 heavy (non-hydrogen) atoms. The summed E-state index contributed by atoms with van der Waals surface area (Å²) in [5.41, 5.74) is 2.94. The van der Waals surface area contributed by atoms with Crippen LogP contribution in [-0.2, 0) is 54.0 Å². The topological polar surface area (TPSA) is 235 Å². The smallest absolute Gasteiger partial charge is 0.364 e. The number of hydrogen-bond acceptors (Lipinski definition) is 14. The molecule has 8 atom stereocenters. The monoisotopic (exact) mass is 848 g/mol. The third kappa shape index (κ3) is 10.3. The number of ether oxygens (including phenoxy) is 3.